The van der Waals surface area contributed by atoms with Crippen molar-refractivity contribution in [1.29, 1.82) is 0 Å². The van der Waals surface area contributed by atoms with Crippen LogP contribution < -0.4 is 19.7 Å². The van der Waals surface area contributed by atoms with E-state index in [1.165, 1.54) is 19.3 Å². The van der Waals surface area contributed by atoms with E-state index in [2.05, 4.69) is 20.2 Å². The molecule has 1 aromatic carbocycles. The van der Waals surface area contributed by atoms with E-state index in [9.17, 15) is 4.79 Å². The predicted octanol–water partition coefficient (Wildman–Crippen LogP) is 2.25. The van der Waals surface area contributed by atoms with Crippen LogP contribution >= 0.6 is 0 Å². The number of nitrogens with zero attached hydrogens (tertiary/aromatic N) is 3. The van der Waals surface area contributed by atoms with E-state index in [0.717, 1.165) is 13.1 Å². The molecule has 0 radical (unpaired) electrons. The lowest BCUT2D eigenvalue weighted by Gasteiger charge is -2.27. The highest BCUT2D eigenvalue weighted by Gasteiger charge is 2.27. The first kappa shape index (κ1) is 15.7. The van der Waals surface area contributed by atoms with E-state index in [-0.39, 0.29) is 12.5 Å². The Balaban J connectivity index is 1.38. The molecule has 1 saturated heterocycles. The zero-order valence-electron chi connectivity index (χ0n) is 13.9. The van der Waals surface area contributed by atoms with Gasteiger partial charge in [-0.05, 0) is 31.4 Å². The molecule has 2 aliphatic heterocycles. The van der Waals surface area contributed by atoms with Gasteiger partial charge in [-0.15, -0.1) is 0 Å². The van der Waals surface area contributed by atoms with Crippen LogP contribution in [0.15, 0.2) is 36.7 Å². The van der Waals surface area contributed by atoms with E-state index in [4.69, 9.17) is 9.47 Å². The zero-order chi connectivity index (χ0) is 17.1. The number of carbonyl (C=O) groups is 1. The van der Waals surface area contributed by atoms with Gasteiger partial charge in [0.2, 0.25) is 12.1 Å². The largest absolute Gasteiger partial charge is 0.485 e. The Morgan fingerprint density at radius 2 is 1.80 bits per heavy atom. The molecule has 2 aliphatic rings. The third-order valence-electron chi connectivity index (χ3n) is 4.35. The number of piperidine rings is 1. The van der Waals surface area contributed by atoms with Crippen molar-refractivity contribution in [2.75, 3.05) is 29.9 Å². The van der Waals surface area contributed by atoms with E-state index < -0.39 is 6.10 Å². The number of carbonyl (C=O) groups excluding carboxylic acids is 1. The van der Waals surface area contributed by atoms with Gasteiger partial charge in [0.05, 0.1) is 18.1 Å². The molecule has 1 amide bonds. The monoisotopic (exact) mass is 340 g/mol. The number of rotatable bonds is 3. The number of benzene rings is 1. The van der Waals surface area contributed by atoms with Crippen LogP contribution in [-0.2, 0) is 4.79 Å². The molecular weight excluding hydrogens is 320 g/mol. The molecule has 7 nitrogen and oxygen atoms in total. The van der Waals surface area contributed by atoms with Crippen LogP contribution in [-0.4, -0.2) is 41.7 Å². The number of fused-ring (bicyclic) bond motifs is 1. The molecule has 3 heterocycles. The fourth-order valence-corrected chi connectivity index (χ4v) is 3.01. The minimum Gasteiger partial charge on any atom is -0.485 e. The maximum atomic E-state index is 12.4. The highest BCUT2D eigenvalue weighted by molar-refractivity contribution is 5.94. The molecule has 1 atom stereocenters. The van der Waals surface area contributed by atoms with Crippen LogP contribution in [0.5, 0.6) is 11.5 Å². The van der Waals surface area contributed by atoms with Gasteiger partial charge in [-0.1, -0.05) is 12.1 Å². The molecule has 2 aromatic rings. The van der Waals surface area contributed by atoms with Crippen LogP contribution in [0.2, 0.25) is 0 Å². The van der Waals surface area contributed by atoms with Crippen LogP contribution in [0.1, 0.15) is 19.3 Å². The first-order chi connectivity index (χ1) is 12.3. The molecular formula is C18H20N4O3. The minimum absolute atomic E-state index is 0.176. The summed E-state index contributed by atoms with van der Waals surface area (Å²) in [6, 6.07) is 7.31. The Morgan fingerprint density at radius 1 is 1.08 bits per heavy atom. The van der Waals surface area contributed by atoms with Crippen molar-refractivity contribution >= 4 is 17.5 Å². The van der Waals surface area contributed by atoms with Crippen LogP contribution in [0, 0.1) is 0 Å². The maximum absolute atomic E-state index is 12.4. The number of para-hydroxylation sites is 2. The molecule has 7 heteroatoms. The first-order valence-corrected chi connectivity index (χ1v) is 8.56. The second kappa shape index (κ2) is 6.96. The van der Waals surface area contributed by atoms with E-state index in [1.54, 1.807) is 18.5 Å². The summed E-state index contributed by atoms with van der Waals surface area (Å²) in [5.74, 6) is 1.67. The van der Waals surface area contributed by atoms with Gasteiger partial charge in [-0.3, -0.25) is 4.79 Å². The van der Waals surface area contributed by atoms with Gasteiger partial charge >= 0.3 is 0 Å². The number of nitrogens with one attached hydrogen (secondary N) is 1. The summed E-state index contributed by atoms with van der Waals surface area (Å²) in [7, 11) is 0. The maximum Gasteiger partial charge on any atom is 0.269 e. The zero-order valence-corrected chi connectivity index (χ0v) is 13.9. The third-order valence-corrected chi connectivity index (χ3v) is 4.35. The normalized spacial score (nSPS) is 19.4. The molecule has 0 spiro atoms. The van der Waals surface area contributed by atoms with Gasteiger partial charge < -0.3 is 19.7 Å². The molecule has 1 fully saturated rings. The van der Waals surface area contributed by atoms with Gasteiger partial charge in [0, 0.05) is 13.1 Å². The van der Waals surface area contributed by atoms with Gasteiger partial charge in [-0.2, -0.15) is 0 Å². The number of ether oxygens (including phenoxy) is 2. The minimum atomic E-state index is -0.698. The predicted molar refractivity (Wildman–Crippen MR) is 93.1 cm³/mol. The van der Waals surface area contributed by atoms with Crippen molar-refractivity contribution in [1.82, 2.24) is 9.97 Å². The quantitative estimate of drug-likeness (QED) is 0.923. The average molecular weight is 340 g/mol. The van der Waals surface area contributed by atoms with Gasteiger partial charge in [-0.25, -0.2) is 9.97 Å². The second-order valence-corrected chi connectivity index (χ2v) is 6.17. The van der Waals surface area contributed by atoms with Crippen molar-refractivity contribution in [2.45, 2.75) is 25.4 Å². The van der Waals surface area contributed by atoms with Gasteiger partial charge in [0.25, 0.3) is 5.91 Å². The number of hydrogen-bond acceptors (Lipinski definition) is 6. The third kappa shape index (κ3) is 3.50. The van der Waals surface area contributed by atoms with Crippen molar-refractivity contribution < 1.29 is 14.3 Å². The Bertz CT molecular complexity index is 744. The second-order valence-electron chi connectivity index (χ2n) is 6.17. The summed E-state index contributed by atoms with van der Waals surface area (Å²) in [5, 5.41) is 2.79. The van der Waals surface area contributed by atoms with E-state index in [0.29, 0.717) is 23.1 Å². The average Bonchev–Trinajstić information content (AvgIpc) is 2.69. The Labute approximate surface area is 146 Å². The Kier molecular flexibility index (Phi) is 4.37. The summed E-state index contributed by atoms with van der Waals surface area (Å²) in [5.41, 5.74) is 0.549. The van der Waals surface area contributed by atoms with Crippen molar-refractivity contribution in [3.63, 3.8) is 0 Å². The van der Waals surface area contributed by atoms with Crippen molar-refractivity contribution in [3.8, 4) is 11.5 Å². The number of amides is 1. The summed E-state index contributed by atoms with van der Waals surface area (Å²) in [6.45, 7) is 2.15. The fourth-order valence-electron chi connectivity index (χ4n) is 3.01. The SMILES string of the molecule is O=C(Nc1cnc(N2CCCCC2)nc1)C1COc2ccccc2O1. The van der Waals surface area contributed by atoms with Crippen LogP contribution in [0.3, 0.4) is 0 Å². The summed E-state index contributed by atoms with van der Waals surface area (Å²) in [4.78, 5) is 23.3. The lowest BCUT2D eigenvalue weighted by atomic mass is 10.1. The number of anilines is 2. The number of aromatic nitrogens is 2. The summed E-state index contributed by atoms with van der Waals surface area (Å²) < 4.78 is 11.3. The first-order valence-electron chi connectivity index (χ1n) is 8.56. The van der Waals surface area contributed by atoms with Crippen molar-refractivity contribution in [3.05, 3.63) is 36.7 Å². The van der Waals surface area contributed by atoms with Crippen LogP contribution in [0.4, 0.5) is 11.6 Å². The molecule has 1 unspecified atom stereocenters. The lowest BCUT2D eigenvalue weighted by molar-refractivity contribution is -0.125. The van der Waals surface area contributed by atoms with Crippen molar-refractivity contribution in [2.24, 2.45) is 0 Å². The molecule has 0 bridgehead atoms. The lowest BCUT2D eigenvalue weighted by Crippen LogP contribution is -2.40. The molecule has 0 saturated carbocycles. The van der Waals surface area contributed by atoms with Gasteiger partial charge in [0.1, 0.15) is 6.61 Å². The summed E-state index contributed by atoms with van der Waals surface area (Å²) in [6.07, 6.45) is 6.16. The topological polar surface area (TPSA) is 76.6 Å². The standard InChI is InChI=1S/C18H20N4O3/c23-17(16-12-24-14-6-2-3-7-15(14)25-16)21-13-10-19-18(20-11-13)22-8-4-1-5-9-22/h2-3,6-7,10-11,16H,1,4-5,8-9,12H2,(H,21,23). The molecule has 1 N–H and O–H groups in total. The Morgan fingerprint density at radius 3 is 2.56 bits per heavy atom. The highest BCUT2D eigenvalue weighted by atomic mass is 16.6. The molecule has 4 rings (SSSR count). The summed E-state index contributed by atoms with van der Waals surface area (Å²) >= 11 is 0. The van der Waals surface area contributed by atoms with E-state index >= 15 is 0 Å². The molecule has 0 aliphatic carbocycles. The molecule has 25 heavy (non-hydrogen) atoms. The van der Waals surface area contributed by atoms with Gasteiger partial charge in [0.15, 0.2) is 11.5 Å². The molecule has 130 valence electrons. The Hall–Kier alpha value is -2.83. The highest BCUT2D eigenvalue weighted by Crippen LogP contribution is 2.31. The van der Waals surface area contributed by atoms with E-state index in [1.807, 2.05) is 18.2 Å². The molecule has 1 aromatic heterocycles. The fraction of sp³-hybridized carbons (Fsp3) is 0.389. The smallest absolute Gasteiger partial charge is 0.269 e. The van der Waals surface area contributed by atoms with Crippen LogP contribution in [0.25, 0.3) is 0 Å². The number of hydrogen-bond donors (Lipinski definition) is 1.